The highest BCUT2D eigenvalue weighted by atomic mass is 32.1. The minimum atomic E-state index is -0.292. The molecule has 1 aromatic carbocycles. The Morgan fingerprint density at radius 3 is 2.74 bits per heavy atom. The first kappa shape index (κ1) is 20.9. The van der Waals surface area contributed by atoms with Crippen molar-refractivity contribution in [3.63, 3.8) is 0 Å². The van der Waals surface area contributed by atoms with Gasteiger partial charge in [-0.05, 0) is 56.2 Å². The second-order valence-corrected chi connectivity index (χ2v) is 8.48. The van der Waals surface area contributed by atoms with E-state index in [1.54, 1.807) is 30.3 Å². The molecule has 4 N–H and O–H groups in total. The molecule has 0 aliphatic heterocycles. The van der Waals surface area contributed by atoms with Gasteiger partial charge in [-0.2, -0.15) is 5.10 Å². The fourth-order valence-electron chi connectivity index (χ4n) is 2.90. The number of urea groups is 1. The number of carbonyl (C=O) groups is 2. The Bertz CT molecular complexity index is 1190. The first-order chi connectivity index (χ1) is 14.9. The smallest absolute Gasteiger partial charge is 0.319 e. The Morgan fingerprint density at radius 2 is 2.06 bits per heavy atom. The van der Waals surface area contributed by atoms with Crippen molar-refractivity contribution < 1.29 is 9.59 Å². The third-order valence-corrected chi connectivity index (χ3v) is 5.99. The van der Waals surface area contributed by atoms with Gasteiger partial charge in [-0.1, -0.05) is 17.4 Å². The molecule has 1 aliphatic rings. The van der Waals surface area contributed by atoms with Gasteiger partial charge in [0.1, 0.15) is 0 Å². The fourth-order valence-corrected chi connectivity index (χ4v) is 4.07. The molecule has 1 saturated carbocycles. The van der Waals surface area contributed by atoms with Crippen LogP contribution in [0.5, 0.6) is 0 Å². The Balaban J connectivity index is 1.44. The molecule has 3 aromatic rings. The van der Waals surface area contributed by atoms with Crippen LogP contribution in [0.2, 0.25) is 0 Å². The summed E-state index contributed by atoms with van der Waals surface area (Å²) >= 11 is 6.58. The number of aromatic nitrogens is 4. The molecule has 1 fully saturated rings. The molecule has 1 aliphatic carbocycles. The zero-order valence-electron chi connectivity index (χ0n) is 16.8. The van der Waals surface area contributed by atoms with Crippen LogP contribution in [-0.4, -0.2) is 37.7 Å². The van der Waals surface area contributed by atoms with Gasteiger partial charge >= 0.3 is 6.03 Å². The number of amides is 3. The molecule has 3 amide bonds. The zero-order chi connectivity index (χ0) is 22.0. The lowest BCUT2D eigenvalue weighted by atomic mass is 10.2. The quantitative estimate of drug-likeness (QED) is 0.316. The van der Waals surface area contributed by atoms with E-state index >= 15 is 0 Å². The van der Waals surface area contributed by atoms with E-state index in [1.807, 2.05) is 11.5 Å². The number of aromatic amines is 1. The molecule has 31 heavy (non-hydrogen) atoms. The summed E-state index contributed by atoms with van der Waals surface area (Å²) in [5.41, 5.74) is 1.81. The maximum absolute atomic E-state index is 12.6. The van der Waals surface area contributed by atoms with Gasteiger partial charge in [-0.3, -0.25) is 19.8 Å². The fraction of sp³-hybridized carbons (Fsp3) is 0.250. The van der Waals surface area contributed by atoms with E-state index < -0.39 is 0 Å². The van der Waals surface area contributed by atoms with E-state index in [2.05, 4.69) is 37.7 Å². The van der Waals surface area contributed by atoms with Crippen LogP contribution in [-0.2, 0) is 6.54 Å². The van der Waals surface area contributed by atoms with E-state index in [4.69, 9.17) is 12.2 Å². The lowest BCUT2D eigenvalue weighted by molar-refractivity contribution is 0.102. The first-order valence-electron chi connectivity index (χ1n) is 9.67. The SMILES string of the molecule is C=CCn1c(-c2sc(NC(=O)c3ccc(NC(=O)NC4CC4)cc3)nc2C)n[nH]c1=S. The molecule has 0 atom stereocenters. The van der Waals surface area contributed by atoms with Gasteiger partial charge in [0.25, 0.3) is 5.91 Å². The number of allylic oxidation sites excluding steroid dienone is 1. The molecule has 0 unspecified atom stereocenters. The molecule has 9 nitrogen and oxygen atoms in total. The predicted molar refractivity (Wildman–Crippen MR) is 123 cm³/mol. The third kappa shape index (κ3) is 4.89. The van der Waals surface area contributed by atoms with Gasteiger partial charge in [-0.15, -0.1) is 6.58 Å². The Kier molecular flexibility index (Phi) is 5.96. The summed E-state index contributed by atoms with van der Waals surface area (Å²) < 4.78 is 2.31. The molecule has 0 spiro atoms. The highest BCUT2D eigenvalue weighted by Gasteiger charge is 2.23. The normalized spacial score (nSPS) is 12.9. The lowest BCUT2D eigenvalue weighted by Gasteiger charge is -2.07. The van der Waals surface area contributed by atoms with Crippen molar-refractivity contribution in [3.8, 4) is 10.7 Å². The monoisotopic (exact) mass is 455 g/mol. The minimum absolute atomic E-state index is 0.236. The number of H-pyrrole nitrogens is 1. The van der Waals surface area contributed by atoms with Crippen molar-refractivity contribution in [1.29, 1.82) is 0 Å². The highest BCUT2D eigenvalue weighted by Crippen LogP contribution is 2.32. The summed E-state index contributed by atoms with van der Waals surface area (Å²) in [5.74, 6) is 0.361. The zero-order valence-corrected chi connectivity index (χ0v) is 18.4. The Hall–Kier alpha value is -3.31. The van der Waals surface area contributed by atoms with Gasteiger partial charge in [0.05, 0.1) is 10.6 Å². The summed E-state index contributed by atoms with van der Waals surface area (Å²) in [6.45, 7) is 6.11. The number of rotatable bonds is 7. The molecular formula is C20H21N7O2S2. The topological polar surface area (TPSA) is 117 Å². The van der Waals surface area contributed by atoms with Gasteiger partial charge in [0, 0.05) is 23.8 Å². The van der Waals surface area contributed by atoms with E-state index in [1.165, 1.54) is 11.3 Å². The molecule has 0 radical (unpaired) electrons. The van der Waals surface area contributed by atoms with Crippen LogP contribution >= 0.6 is 23.6 Å². The van der Waals surface area contributed by atoms with E-state index in [9.17, 15) is 9.59 Å². The van der Waals surface area contributed by atoms with Crippen molar-refractivity contribution in [2.24, 2.45) is 0 Å². The summed E-state index contributed by atoms with van der Waals surface area (Å²) in [5, 5.41) is 16.0. The third-order valence-electron chi connectivity index (χ3n) is 4.61. The Morgan fingerprint density at radius 1 is 1.32 bits per heavy atom. The lowest BCUT2D eigenvalue weighted by Crippen LogP contribution is -2.30. The predicted octanol–water partition coefficient (Wildman–Crippen LogP) is 4.09. The average molecular weight is 456 g/mol. The van der Waals surface area contributed by atoms with Crippen molar-refractivity contribution in [2.75, 3.05) is 10.6 Å². The second kappa shape index (κ2) is 8.82. The maximum atomic E-state index is 12.6. The van der Waals surface area contributed by atoms with Crippen LogP contribution in [0.15, 0.2) is 36.9 Å². The maximum Gasteiger partial charge on any atom is 0.319 e. The minimum Gasteiger partial charge on any atom is -0.335 e. The molecule has 0 bridgehead atoms. The number of aryl methyl sites for hydroxylation is 1. The van der Waals surface area contributed by atoms with E-state index in [0.29, 0.717) is 33.5 Å². The molecule has 2 heterocycles. The van der Waals surface area contributed by atoms with Crippen molar-refractivity contribution in [1.82, 2.24) is 25.1 Å². The standard InChI is InChI=1S/C20H21N7O2S2/c1-3-10-27-16(25-26-20(27)30)15-11(2)21-19(31-15)24-17(28)12-4-6-13(7-5-12)22-18(29)23-14-8-9-14/h3-7,14H,1,8-10H2,2H3,(H,26,30)(H,21,24,28)(H2,22,23,29). The van der Waals surface area contributed by atoms with Crippen LogP contribution in [0.1, 0.15) is 28.9 Å². The number of hydrogen-bond donors (Lipinski definition) is 4. The van der Waals surface area contributed by atoms with Crippen molar-refractivity contribution in [3.05, 3.63) is 52.9 Å². The van der Waals surface area contributed by atoms with Crippen LogP contribution < -0.4 is 16.0 Å². The summed E-state index contributed by atoms with van der Waals surface area (Å²) in [7, 11) is 0. The molecule has 4 rings (SSSR count). The van der Waals surface area contributed by atoms with Gasteiger partial charge in [0.15, 0.2) is 15.7 Å². The van der Waals surface area contributed by atoms with Crippen LogP contribution in [0.3, 0.4) is 0 Å². The number of anilines is 2. The van der Waals surface area contributed by atoms with Gasteiger partial charge in [-0.25, -0.2) is 9.78 Å². The number of benzene rings is 1. The van der Waals surface area contributed by atoms with Crippen molar-refractivity contribution in [2.45, 2.75) is 32.4 Å². The summed E-state index contributed by atoms with van der Waals surface area (Å²) in [4.78, 5) is 29.7. The number of thiazole rings is 1. The summed E-state index contributed by atoms with van der Waals surface area (Å²) in [6, 6.07) is 6.72. The van der Waals surface area contributed by atoms with Crippen LogP contribution in [0.4, 0.5) is 15.6 Å². The number of hydrogen-bond acceptors (Lipinski definition) is 6. The molecule has 2 aromatic heterocycles. The van der Waals surface area contributed by atoms with Crippen LogP contribution in [0.25, 0.3) is 10.7 Å². The van der Waals surface area contributed by atoms with E-state index in [0.717, 1.165) is 23.4 Å². The molecule has 0 saturated heterocycles. The van der Waals surface area contributed by atoms with Crippen molar-refractivity contribution >= 4 is 46.3 Å². The van der Waals surface area contributed by atoms with Gasteiger partial charge in [0.2, 0.25) is 0 Å². The number of carbonyl (C=O) groups excluding carboxylic acids is 2. The van der Waals surface area contributed by atoms with Gasteiger partial charge < -0.3 is 10.6 Å². The average Bonchev–Trinajstić information content (AvgIpc) is 3.38. The molecule has 11 heteroatoms. The highest BCUT2D eigenvalue weighted by molar-refractivity contribution is 7.71. The molecular weight excluding hydrogens is 434 g/mol. The first-order valence-corrected chi connectivity index (χ1v) is 10.9. The summed E-state index contributed by atoms with van der Waals surface area (Å²) in [6.07, 6.45) is 3.78. The second-order valence-electron chi connectivity index (χ2n) is 7.09. The molecule has 160 valence electrons. The van der Waals surface area contributed by atoms with E-state index in [-0.39, 0.29) is 18.0 Å². The number of nitrogens with one attached hydrogen (secondary N) is 4. The Labute approximate surface area is 187 Å². The number of nitrogens with zero attached hydrogens (tertiary/aromatic N) is 3. The largest absolute Gasteiger partial charge is 0.335 e. The van der Waals surface area contributed by atoms with Crippen LogP contribution in [0, 0.1) is 11.7 Å².